The average molecular weight is 273 g/mol. The van der Waals surface area contributed by atoms with Crippen LogP contribution < -0.4 is 10.1 Å². The van der Waals surface area contributed by atoms with Gasteiger partial charge >= 0.3 is 0 Å². The number of ether oxygens (including phenoxy) is 1. The highest BCUT2D eigenvalue weighted by Gasteiger charge is 2.13. The van der Waals surface area contributed by atoms with Gasteiger partial charge in [-0.05, 0) is 51.1 Å². The van der Waals surface area contributed by atoms with E-state index < -0.39 is 0 Å². The number of rotatable bonds is 6. The van der Waals surface area contributed by atoms with E-state index in [9.17, 15) is 0 Å². The van der Waals surface area contributed by atoms with Gasteiger partial charge in [0.25, 0.3) is 0 Å². The second-order valence-corrected chi connectivity index (χ2v) is 4.97. The van der Waals surface area contributed by atoms with Gasteiger partial charge in [0.2, 0.25) is 0 Å². The van der Waals surface area contributed by atoms with Crippen LogP contribution in [0.2, 0.25) is 0 Å². The number of hydrogen-bond acceptors (Lipinski definition) is 3. The second-order valence-electron chi connectivity index (χ2n) is 4.97. The Hall–Kier alpha value is -1.81. The van der Waals surface area contributed by atoms with Crippen molar-refractivity contribution >= 4 is 0 Å². The van der Waals surface area contributed by atoms with Crippen molar-refractivity contribution in [3.05, 3.63) is 41.7 Å². The molecule has 20 heavy (non-hydrogen) atoms. The molecule has 1 unspecified atom stereocenters. The molecule has 0 bridgehead atoms. The Morgan fingerprint density at radius 2 is 2.00 bits per heavy atom. The van der Waals surface area contributed by atoms with Gasteiger partial charge in [0.15, 0.2) is 0 Å². The molecule has 2 rings (SSSR count). The average Bonchev–Trinajstić information content (AvgIpc) is 2.86. The standard InChI is InChI=1S/C16H23N3O/c1-5-10-17-12(2)16-11-18-19(13(16)3)14-6-8-15(20-4)9-7-14/h6-9,11-12,17H,5,10H2,1-4H3. The summed E-state index contributed by atoms with van der Waals surface area (Å²) in [6.45, 7) is 7.48. The van der Waals surface area contributed by atoms with E-state index in [4.69, 9.17) is 4.74 Å². The molecule has 0 fully saturated rings. The third-order valence-electron chi connectivity index (χ3n) is 3.53. The molecule has 2 aromatic rings. The minimum Gasteiger partial charge on any atom is -0.497 e. The van der Waals surface area contributed by atoms with E-state index in [0.29, 0.717) is 6.04 Å². The van der Waals surface area contributed by atoms with Crippen LogP contribution >= 0.6 is 0 Å². The van der Waals surface area contributed by atoms with Gasteiger partial charge in [0.05, 0.1) is 19.0 Å². The fourth-order valence-corrected chi connectivity index (χ4v) is 2.30. The highest BCUT2D eigenvalue weighted by Crippen LogP contribution is 2.21. The van der Waals surface area contributed by atoms with Crippen molar-refractivity contribution in [2.24, 2.45) is 0 Å². The Balaban J connectivity index is 2.23. The summed E-state index contributed by atoms with van der Waals surface area (Å²) in [7, 11) is 1.67. The fourth-order valence-electron chi connectivity index (χ4n) is 2.30. The van der Waals surface area contributed by atoms with Crippen LogP contribution in [0.1, 0.15) is 37.6 Å². The first-order valence-electron chi connectivity index (χ1n) is 7.09. The van der Waals surface area contributed by atoms with E-state index in [-0.39, 0.29) is 0 Å². The van der Waals surface area contributed by atoms with Gasteiger partial charge in [-0.25, -0.2) is 4.68 Å². The number of nitrogens with one attached hydrogen (secondary N) is 1. The molecule has 0 aliphatic rings. The lowest BCUT2D eigenvalue weighted by Gasteiger charge is -2.13. The normalized spacial score (nSPS) is 12.4. The first-order valence-corrected chi connectivity index (χ1v) is 7.09. The number of benzene rings is 1. The topological polar surface area (TPSA) is 39.1 Å². The van der Waals surface area contributed by atoms with Crippen molar-refractivity contribution in [3.8, 4) is 11.4 Å². The summed E-state index contributed by atoms with van der Waals surface area (Å²) < 4.78 is 7.15. The van der Waals surface area contributed by atoms with Gasteiger partial charge in [-0.1, -0.05) is 6.92 Å². The van der Waals surface area contributed by atoms with Crippen LogP contribution in [0.5, 0.6) is 5.75 Å². The summed E-state index contributed by atoms with van der Waals surface area (Å²) in [6.07, 6.45) is 3.09. The lowest BCUT2D eigenvalue weighted by Crippen LogP contribution is -2.19. The molecule has 108 valence electrons. The summed E-state index contributed by atoms with van der Waals surface area (Å²) in [5.74, 6) is 0.858. The first-order chi connectivity index (χ1) is 9.67. The zero-order valence-corrected chi connectivity index (χ0v) is 12.7. The predicted molar refractivity (Wildman–Crippen MR) is 81.6 cm³/mol. The van der Waals surface area contributed by atoms with Crippen molar-refractivity contribution < 1.29 is 4.74 Å². The summed E-state index contributed by atoms with van der Waals surface area (Å²) >= 11 is 0. The molecule has 1 aromatic heterocycles. The number of nitrogens with zero attached hydrogens (tertiary/aromatic N) is 2. The van der Waals surface area contributed by atoms with Gasteiger partial charge < -0.3 is 10.1 Å². The molecule has 0 aliphatic carbocycles. The van der Waals surface area contributed by atoms with Crippen molar-refractivity contribution in [2.75, 3.05) is 13.7 Å². The zero-order chi connectivity index (χ0) is 14.5. The van der Waals surface area contributed by atoms with Crippen LogP contribution in [0.15, 0.2) is 30.5 Å². The van der Waals surface area contributed by atoms with E-state index in [1.165, 1.54) is 11.3 Å². The van der Waals surface area contributed by atoms with Crippen LogP contribution in [0.25, 0.3) is 5.69 Å². The maximum Gasteiger partial charge on any atom is 0.119 e. The van der Waals surface area contributed by atoms with Gasteiger partial charge in [-0.15, -0.1) is 0 Å². The summed E-state index contributed by atoms with van der Waals surface area (Å²) in [5, 5.41) is 8.01. The number of aromatic nitrogens is 2. The third kappa shape index (κ3) is 3.02. The Kier molecular flexibility index (Phi) is 4.79. The monoisotopic (exact) mass is 273 g/mol. The van der Waals surface area contributed by atoms with Crippen molar-refractivity contribution in [1.82, 2.24) is 15.1 Å². The molecule has 4 nitrogen and oxygen atoms in total. The Labute approximate surface area is 120 Å². The molecule has 1 atom stereocenters. The van der Waals surface area contributed by atoms with Gasteiger partial charge in [-0.3, -0.25) is 0 Å². The van der Waals surface area contributed by atoms with E-state index in [1.54, 1.807) is 7.11 Å². The number of hydrogen-bond donors (Lipinski definition) is 1. The third-order valence-corrected chi connectivity index (χ3v) is 3.53. The SMILES string of the molecule is CCCNC(C)c1cnn(-c2ccc(OC)cc2)c1C. The highest BCUT2D eigenvalue weighted by molar-refractivity contribution is 5.39. The molecule has 1 aromatic carbocycles. The van der Waals surface area contributed by atoms with Crippen molar-refractivity contribution in [1.29, 1.82) is 0 Å². The molecule has 1 heterocycles. The zero-order valence-electron chi connectivity index (χ0n) is 12.7. The van der Waals surface area contributed by atoms with Gasteiger partial charge in [-0.2, -0.15) is 5.10 Å². The van der Waals surface area contributed by atoms with Crippen LogP contribution in [0, 0.1) is 6.92 Å². The van der Waals surface area contributed by atoms with Crippen LogP contribution in [-0.4, -0.2) is 23.4 Å². The summed E-state index contributed by atoms with van der Waals surface area (Å²) in [5.41, 5.74) is 3.47. The van der Waals surface area contributed by atoms with E-state index >= 15 is 0 Å². The smallest absolute Gasteiger partial charge is 0.119 e. The molecular weight excluding hydrogens is 250 g/mol. The molecule has 0 radical (unpaired) electrons. The lowest BCUT2D eigenvalue weighted by molar-refractivity contribution is 0.414. The largest absolute Gasteiger partial charge is 0.497 e. The molecule has 1 N–H and O–H groups in total. The summed E-state index contributed by atoms with van der Waals surface area (Å²) in [6, 6.07) is 8.27. The quantitative estimate of drug-likeness (QED) is 0.878. The first kappa shape index (κ1) is 14.6. The second kappa shape index (κ2) is 6.57. The van der Waals surface area contributed by atoms with Crippen LogP contribution in [0.4, 0.5) is 0 Å². The highest BCUT2D eigenvalue weighted by atomic mass is 16.5. The Morgan fingerprint density at radius 1 is 1.30 bits per heavy atom. The molecule has 0 saturated carbocycles. The van der Waals surface area contributed by atoms with E-state index in [0.717, 1.165) is 24.4 Å². The maximum atomic E-state index is 5.18. The molecule has 4 heteroatoms. The van der Waals surface area contributed by atoms with Crippen LogP contribution in [-0.2, 0) is 0 Å². The van der Waals surface area contributed by atoms with E-state index in [1.807, 2.05) is 35.1 Å². The Morgan fingerprint density at radius 3 is 2.60 bits per heavy atom. The Bertz CT molecular complexity index is 545. The van der Waals surface area contributed by atoms with Gasteiger partial charge in [0.1, 0.15) is 5.75 Å². The lowest BCUT2D eigenvalue weighted by atomic mass is 10.1. The van der Waals surface area contributed by atoms with Crippen molar-refractivity contribution in [2.45, 2.75) is 33.2 Å². The predicted octanol–water partition coefficient (Wildman–Crippen LogP) is 3.25. The minimum atomic E-state index is 0.321. The molecule has 0 aliphatic heterocycles. The molecular formula is C16H23N3O. The molecule has 0 saturated heterocycles. The minimum absolute atomic E-state index is 0.321. The van der Waals surface area contributed by atoms with Crippen molar-refractivity contribution in [3.63, 3.8) is 0 Å². The van der Waals surface area contributed by atoms with Crippen LogP contribution in [0.3, 0.4) is 0 Å². The number of methoxy groups -OCH3 is 1. The summed E-state index contributed by atoms with van der Waals surface area (Å²) in [4.78, 5) is 0. The molecule has 0 spiro atoms. The molecule has 0 amide bonds. The fraction of sp³-hybridized carbons (Fsp3) is 0.438. The van der Waals surface area contributed by atoms with Gasteiger partial charge in [0, 0.05) is 17.3 Å². The van der Waals surface area contributed by atoms with E-state index in [2.05, 4.69) is 31.2 Å². The maximum absolute atomic E-state index is 5.18.